The first-order valence-corrected chi connectivity index (χ1v) is 7.98. The minimum Gasteiger partial charge on any atom is -0.479 e. The molecule has 0 aromatic carbocycles. The molecule has 4 aromatic heterocycles. The topological polar surface area (TPSA) is 97.7 Å². The zero-order chi connectivity index (χ0) is 17.9. The summed E-state index contributed by atoms with van der Waals surface area (Å²) in [5.74, 6) is 0.682. The van der Waals surface area contributed by atoms with E-state index in [1.807, 2.05) is 18.3 Å². The van der Waals surface area contributed by atoms with Gasteiger partial charge in [-0.2, -0.15) is 5.10 Å². The molecule has 0 aliphatic carbocycles. The van der Waals surface area contributed by atoms with Crippen LogP contribution in [-0.4, -0.2) is 37.7 Å². The molecule has 2 N–H and O–H groups in total. The van der Waals surface area contributed by atoms with E-state index in [-0.39, 0.29) is 5.91 Å². The number of pyridine rings is 2. The van der Waals surface area contributed by atoms with Gasteiger partial charge in [0.25, 0.3) is 5.91 Å². The fraction of sp³-hybridized carbons (Fsp3) is 0.111. The van der Waals surface area contributed by atoms with Gasteiger partial charge in [-0.05, 0) is 23.8 Å². The lowest BCUT2D eigenvalue weighted by atomic mass is 10.2. The first kappa shape index (κ1) is 15.8. The van der Waals surface area contributed by atoms with Gasteiger partial charge in [-0.1, -0.05) is 0 Å². The lowest BCUT2D eigenvalue weighted by Crippen LogP contribution is -2.12. The Morgan fingerprint density at radius 3 is 2.88 bits per heavy atom. The molecule has 0 unspecified atom stereocenters. The largest absolute Gasteiger partial charge is 0.479 e. The number of nitrogens with zero attached hydrogens (tertiary/aromatic N) is 4. The number of aromatic nitrogens is 5. The number of anilines is 1. The van der Waals surface area contributed by atoms with Crippen molar-refractivity contribution in [2.45, 2.75) is 6.54 Å². The van der Waals surface area contributed by atoms with E-state index < -0.39 is 0 Å². The Labute approximate surface area is 148 Å². The molecule has 0 spiro atoms. The van der Waals surface area contributed by atoms with Crippen LogP contribution in [0.3, 0.4) is 0 Å². The molecule has 4 heterocycles. The Kier molecular flexibility index (Phi) is 4.06. The highest BCUT2D eigenvalue weighted by molar-refractivity contribution is 6.13. The second-order valence-electron chi connectivity index (χ2n) is 5.65. The summed E-state index contributed by atoms with van der Waals surface area (Å²) in [7, 11) is 1.54. The van der Waals surface area contributed by atoms with Crippen molar-refractivity contribution >= 4 is 22.6 Å². The summed E-state index contributed by atoms with van der Waals surface area (Å²) >= 11 is 0. The number of ether oxygens (including phenoxy) is 1. The van der Waals surface area contributed by atoms with Gasteiger partial charge in [-0.3, -0.25) is 14.5 Å². The summed E-state index contributed by atoms with van der Waals surface area (Å²) in [5.41, 5.74) is 2.27. The van der Waals surface area contributed by atoms with E-state index in [2.05, 4.69) is 25.4 Å². The summed E-state index contributed by atoms with van der Waals surface area (Å²) in [6, 6.07) is 7.38. The van der Waals surface area contributed by atoms with Gasteiger partial charge in [0.2, 0.25) is 5.88 Å². The Balaban J connectivity index is 1.52. The van der Waals surface area contributed by atoms with Crippen LogP contribution in [0.2, 0.25) is 0 Å². The zero-order valence-corrected chi connectivity index (χ0v) is 14.0. The molecule has 1 amide bonds. The highest BCUT2D eigenvalue weighted by atomic mass is 16.5. The van der Waals surface area contributed by atoms with Crippen LogP contribution < -0.4 is 10.1 Å². The summed E-state index contributed by atoms with van der Waals surface area (Å²) in [5, 5.41) is 7.94. The van der Waals surface area contributed by atoms with Gasteiger partial charge in [0, 0.05) is 42.4 Å². The van der Waals surface area contributed by atoms with Gasteiger partial charge >= 0.3 is 0 Å². The second-order valence-corrected chi connectivity index (χ2v) is 5.65. The van der Waals surface area contributed by atoms with Crippen LogP contribution in [0, 0.1) is 0 Å². The Morgan fingerprint density at radius 1 is 1.23 bits per heavy atom. The third-order valence-corrected chi connectivity index (χ3v) is 3.98. The van der Waals surface area contributed by atoms with Gasteiger partial charge in [-0.15, -0.1) is 0 Å². The molecule has 8 heteroatoms. The minimum atomic E-state index is -0.251. The average Bonchev–Trinajstić information content (AvgIpc) is 3.29. The first-order valence-electron chi connectivity index (χ1n) is 7.98. The van der Waals surface area contributed by atoms with Crippen molar-refractivity contribution in [1.29, 1.82) is 0 Å². The minimum absolute atomic E-state index is 0.251. The maximum atomic E-state index is 12.6. The fourth-order valence-corrected chi connectivity index (χ4v) is 2.75. The maximum absolute atomic E-state index is 12.6. The predicted molar refractivity (Wildman–Crippen MR) is 96.2 cm³/mol. The lowest BCUT2D eigenvalue weighted by molar-refractivity contribution is 0.102. The molecule has 0 bridgehead atoms. The average molecular weight is 348 g/mol. The summed E-state index contributed by atoms with van der Waals surface area (Å²) in [4.78, 5) is 23.8. The van der Waals surface area contributed by atoms with Crippen LogP contribution in [0.5, 0.6) is 5.88 Å². The summed E-state index contributed by atoms with van der Waals surface area (Å²) in [6.45, 7) is 0.606. The number of carbonyl (C=O) groups is 1. The molecular weight excluding hydrogens is 332 g/mol. The van der Waals surface area contributed by atoms with E-state index in [9.17, 15) is 4.79 Å². The number of rotatable bonds is 5. The van der Waals surface area contributed by atoms with Crippen molar-refractivity contribution in [2.75, 3.05) is 12.4 Å². The molecule has 4 rings (SSSR count). The van der Waals surface area contributed by atoms with Gasteiger partial charge < -0.3 is 15.0 Å². The number of nitrogens with one attached hydrogen (secondary N) is 2. The molecule has 130 valence electrons. The number of methoxy groups -OCH3 is 1. The Hall–Kier alpha value is -3.68. The second kappa shape index (κ2) is 6.67. The Bertz CT molecular complexity index is 1050. The van der Waals surface area contributed by atoms with Gasteiger partial charge in [0.15, 0.2) is 5.82 Å². The number of aromatic amines is 1. The number of hydrogen-bond donors (Lipinski definition) is 2. The van der Waals surface area contributed by atoms with Gasteiger partial charge in [0.05, 0.1) is 19.2 Å². The van der Waals surface area contributed by atoms with Crippen LogP contribution in [-0.2, 0) is 6.54 Å². The number of H-pyrrole nitrogens is 1. The SMILES string of the molecule is COc1nccc2c(C(=O)Nc3ccn(Cc4ccncc4)n3)c[nH]c12. The third kappa shape index (κ3) is 3.00. The van der Waals surface area contributed by atoms with Crippen molar-refractivity contribution < 1.29 is 9.53 Å². The van der Waals surface area contributed by atoms with E-state index in [1.165, 1.54) is 7.11 Å². The van der Waals surface area contributed by atoms with E-state index in [1.54, 1.807) is 41.6 Å². The van der Waals surface area contributed by atoms with Crippen molar-refractivity contribution in [3.63, 3.8) is 0 Å². The van der Waals surface area contributed by atoms with E-state index in [0.717, 1.165) is 10.9 Å². The molecule has 0 fully saturated rings. The van der Waals surface area contributed by atoms with Gasteiger partial charge in [0.1, 0.15) is 5.52 Å². The van der Waals surface area contributed by atoms with E-state index in [4.69, 9.17) is 4.74 Å². The molecule has 26 heavy (non-hydrogen) atoms. The van der Waals surface area contributed by atoms with Crippen LogP contribution in [0.15, 0.2) is 55.2 Å². The van der Waals surface area contributed by atoms with Crippen molar-refractivity contribution in [3.05, 3.63) is 66.4 Å². The predicted octanol–water partition coefficient (Wildman–Crippen LogP) is 2.46. The molecule has 8 nitrogen and oxygen atoms in total. The maximum Gasteiger partial charge on any atom is 0.259 e. The van der Waals surface area contributed by atoms with Crippen molar-refractivity contribution in [2.24, 2.45) is 0 Å². The highest BCUT2D eigenvalue weighted by Crippen LogP contribution is 2.25. The molecule has 0 aliphatic rings. The van der Waals surface area contributed by atoms with E-state index in [0.29, 0.717) is 29.3 Å². The van der Waals surface area contributed by atoms with E-state index >= 15 is 0 Å². The quantitative estimate of drug-likeness (QED) is 0.577. The normalized spacial score (nSPS) is 10.8. The monoisotopic (exact) mass is 348 g/mol. The third-order valence-electron chi connectivity index (χ3n) is 3.98. The summed E-state index contributed by atoms with van der Waals surface area (Å²) < 4.78 is 6.96. The Morgan fingerprint density at radius 2 is 2.08 bits per heavy atom. The molecular formula is C18H16N6O2. The molecule has 0 radical (unpaired) electrons. The number of amides is 1. The fourth-order valence-electron chi connectivity index (χ4n) is 2.75. The number of carbonyl (C=O) groups excluding carboxylic acids is 1. The molecule has 0 saturated heterocycles. The van der Waals surface area contributed by atoms with Crippen molar-refractivity contribution in [1.82, 2.24) is 24.7 Å². The lowest BCUT2D eigenvalue weighted by Gasteiger charge is -2.03. The first-order chi connectivity index (χ1) is 12.7. The van der Waals surface area contributed by atoms with Gasteiger partial charge in [-0.25, -0.2) is 4.98 Å². The standard InChI is InChI=1S/C18H16N6O2/c1-26-18-16-13(4-8-20-18)14(10-21-16)17(25)22-15-5-9-24(23-15)11-12-2-6-19-7-3-12/h2-10,21H,11H2,1H3,(H,22,23,25). The van der Waals surface area contributed by atoms with Crippen LogP contribution in [0.1, 0.15) is 15.9 Å². The molecule has 0 atom stereocenters. The van der Waals surface area contributed by atoms with Crippen LogP contribution in [0.25, 0.3) is 10.9 Å². The smallest absolute Gasteiger partial charge is 0.259 e. The summed E-state index contributed by atoms with van der Waals surface area (Å²) in [6.07, 6.45) is 8.54. The van der Waals surface area contributed by atoms with Crippen LogP contribution >= 0.6 is 0 Å². The van der Waals surface area contributed by atoms with Crippen LogP contribution in [0.4, 0.5) is 5.82 Å². The zero-order valence-electron chi connectivity index (χ0n) is 14.0. The van der Waals surface area contributed by atoms with Crippen molar-refractivity contribution in [3.8, 4) is 5.88 Å². The molecule has 0 aliphatic heterocycles. The molecule has 0 saturated carbocycles. The molecule has 4 aromatic rings. The number of fused-ring (bicyclic) bond motifs is 1. The number of hydrogen-bond acceptors (Lipinski definition) is 5. The highest BCUT2D eigenvalue weighted by Gasteiger charge is 2.16.